The van der Waals surface area contributed by atoms with Gasteiger partial charge in [0.05, 0.1) is 16.7 Å². The van der Waals surface area contributed by atoms with Gasteiger partial charge in [0.1, 0.15) is 0 Å². The standard InChI is InChI=1S/C24H24N2O5/c1-15(2)9-11-26-22(28)18-8-7-17(13-19(18)23(26)29)24(30)31-14-21(27)25-12-10-16-5-3-4-6-20(16)25/h3-8,13,15H,9-12,14H2,1-2H3. The number of hydrogen-bond acceptors (Lipinski definition) is 5. The lowest BCUT2D eigenvalue weighted by Crippen LogP contribution is -2.33. The second-order valence-corrected chi connectivity index (χ2v) is 8.21. The maximum atomic E-state index is 12.6. The van der Waals surface area contributed by atoms with Crippen LogP contribution in [-0.2, 0) is 16.0 Å². The second-order valence-electron chi connectivity index (χ2n) is 8.21. The van der Waals surface area contributed by atoms with Crippen LogP contribution in [0.5, 0.6) is 0 Å². The molecule has 7 heteroatoms. The van der Waals surface area contributed by atoms with Crippen LogP contribution >= 0.6 is 0 Å². The number of benzene rings is 2. The molecule has 0 N–H and O–H groups in total. The number of anilines is 1. The average molecular weight is 420 g/mol. The van der Waals surface area contributed by atoms with Gasteiger partial charge >= 0.3 is 5.97 Å². The molecule has 2 aliphatic rings. The minimum atomic E-state index is -0.704. The van der Waals surface area contributed by atoms with Crippen LogP contribution in [0.4, 0.5) is 5.69 Å². The zero-order valence-corrected chi connectivity index (χ0v) is 17.6. The molecule has 0 unspecified atom stereocenters. The number of imide groups is 1. The van der Waals surface area contributed by atoms with Gasteiger partial charge in [0.25, 0.3) is 17.7 Å². The van der Waals surface area contributed by atoms with Crippen molar-refractivity contribution >= 4 is 29.4 Å². The van der Waals surface area contributed by atoms with Gasteiger partial charge in [-0.2, -0.15) is 0 Å². The van der Waals surface area contributed by atoms with Crippen LogP contribution < -0.4 is 4.90 Å². The van der Waals surface area contributed by atoms with Crippen molar-refractivity contribution < 1.29 is 23.9 Å². The predicted octanol–water partition coefficient (Wildman–Crippen LogP) is 3.07. The van der Waals surface area contributed by atoms with Gasteiger partial charge in [0.2, 0.25) is 0 Å². The predicted molar refractivity (Wildman–Crippen MR) is 114 cm³/mol. The van der Waals surface area contributed by atoms with Gasteiger partial charge in [0.15, 0.2) is 6.61 Å². The summed E-state index contributed by atoms with van der Waals surface area (Å²) in [7, 11) is 0. The van der Waals surface area contributed by atoms with Gasteiger partial charge in [-0.05, 0) is 48.6 Å². The Hall–Kier alpha value is -3.48. The Balaban J connectivity index is 1.41. The highest BCUT2D eigenvalue weighted by Gasteiger charge is 2.36. The first-order valence-electron chi connectivity index (χ1n) is 10.4. The Morgan fingerprint density at radius 2 is 1.77 bits per heavy atom. The number of ether oxygens (including phenoxy) is 1. The normalized spacial score (nSPS) is 14.8. The molecule has 0 atom stereocenters. The molecule has 0 aromatic heterocycles. The molecule has 0 bridgehead atoms. The quantitative estimate of drug-likeness (QED) is 0.530. The number of para-hydroxylation sites is 1. The topological polar surface area (TPSA) is 84.0 Å². The van der Waals surface area contributed by atoms with Crippen LogP contribution in [-0.4, -0.2) is 48.3 Å². The average Bonchev–Trinajstić information content (AvgIpc) is 3.29. The number of carbonyl (C=O) groups is 4. The van der Waals surface area contributed by atoms with Crippen LogP contribution in [0.25, 0.3) is 0 Å². The van der Waals surface area contributed by atoms with Crippen LogP contribution in [0.3, 0.4) is 0 Å². The summed E-state index contributed by atoms with van der Waals surface area (Å²) < 4.78 is 5.20. The highest BCUT2D eigenvalue weighted by molar-refractivity contribution is 6.22. The molecule has 0 radical (unpaired) electrons. The van der Waals surface area contributed by atoms with E-state index in [9.17, 15) is 19.2 Å². The molecule has 2 aromatic rings. The van der Waals surface area contributed by atoms with E-state index in [1.165, 1.54) is 23.1 Å². The van der Waals surface area contributed by atoms with Crippen LogP contribution in [0.15, 0.2) is 42.5 Å². The number of fused-ring (bicyclic) bond motifs is 2. The van der Waals surface area contributed by atoms with Gasteiger partial charge < -0.3 is 9.64 Å². The molecule has 0 aliphatic carbocycles. The lowest BCUT2D eigenvalue weighted by Gasteiger charge is -2.17. The van der Waals surface area contributed by atoms with Crippen LogP contribution in [0.2, 0.25) is 0 Å². The summed E-state index contributed by atoms with van der Waals surface area (Å²) in [5.74, 6) is -1.39. The summed E-state index contributed by atoms with van der Waals surface area (Å²) in [5, 5.41) is 0. The van der Waals surface area contributed by atoms with E-state index in [4.69, 9.17) is 4.74 Å². The molecule has 0 saturated carbocycles. The highest BCUT2D eigenvalue weighted by Crippen LogP contribution is 2.28. The van der Waals surface area contributed by atoms with Crippen molar-refractivity contribution in [2.75, 3.05) is 24.6 Å². The molecular weight excluding hydrogens is 396 g/mol. The Morgan fingerprint density at radius 3 is 2.55 bits per heavy atom. The molecule has 4 rings (SSSR count). The number of nitrogens with zero attached hydrogens (tertiary/aromatic N) is 2. The molecular formula is C24H24N2O5. The van der Waals surface area contributed by atoms with Gasteiger partial charge in [-0.1, -0.05) is 32.0 Å². The van der Waals surface area contributed by atoms with Crippen molar-refractivity contribution in [2.24, 2.45) is 5.92 Å². The number of esters is 1. The van der Waals surface area contributed by atoms with E-state index in [-0.39, 0.29) is 28.5 Å². The summed E-state index contributed by atoms with van der Waals surface area (Å²) in [6, 6.07) is 11.9. The first-order valence-corrected chi connectivity index (χ1v) is 10.4. The van der Waals surface area contributed by atoms with E-state index in [1.807, 2.05) is 38.1 Å². The molecule has 3 amide bonds. The zero-order valence-electron chi connectivity index (χ0n) is 17.6. The molecule has 2 aliphatic heterocycles. The van der Waals surface area contributed by atoms with Gasteiger partial charge in [-0.15, -0.1) is 0 Å². The maximum absolute atomic E-state index is 12.6. The fourth-order valence-corrected chi connectivity index (χ4v) is 3.89. The third-order valence-electron chi connectivity index (χ3n) is 5.65. The summed E-state index contributed by atoms with van der Waals surface area (Å²) in [4.78, 5) is 53.0. The van der Waals surface area contributed by atoms with Crippen LogP contribution in [0, 0.1) is 5.92 Å². The Labute approximate surface area is 180 Å². The third kappa shape index (κ3) is 3.95. The van der Waals surface area contributed by atoms with E-state index in [0.29, 0.717) is 25.4 Å². The third-order valence-corrected chi connectivity index (χ3v) is 5.65. The summed E-state index contributed by atoms with van der Waals surface area (Å²) in [5.41, 5.74) is 2.55. The van der Waals surface area contributed by atoms with Crippen molar-refractivity contribution in [3.05, 3.63) is 64.7 Å². The molecule has 160 valence electrons. The van der Waals surface area contributed by atoms with E-state index in [2.05, 4.69) is 0 Å². The van der Waals surface area contributed by atoms with Crippen molar-refractivity contribution in [3.63, 3.8) is 0 Å². The molecule has 31 heavy (non-hydrogen) atoms. The van der Waals surface area contributed by atoms with E-state index in [1.54, 1.807) is 4.90 Å². The summed E-state index contributed by atoms with van der Waals surface area (Å²) in [6.07, 6.45) is 1.48. The van der Waals surface area contributed by atoms with E-state index < -0.39 is 18.5 Å². The fraction of sp³-hybridized carbons (Fsp3) is 0.333. The maximum Gasteiger partial charge on any atom is 0.338 e. The van der Waals surface area contributed by atoms with Gasteiger partial charge in [-0.3, -0.25) is 19.3 Å². The Kier molecular flexibility index (Phi) is 5.59. The molecule has 0 spiro atoms. The molecule has 0 saturated heterocycles. The fourth-order valence-electron chi connectivity index (χ4n) is 3.89. The Bertz CT molecular complexity index is 1080. The van der Waals surface area contributed by atoms with E-state index >= 15 is 0 Å². The largest absolute Gasteiger partial charge is 0.452 e. The molecule has 0 fully saturated rings. The lowest BCUT2D eigenvalue weighted by atomic mass is 10.1. The van der Waals surface area contributed by atoms with Crippen molar-refractivity contribution in [1.82, 2.24) is 4.90 Å². The van der Waals surface area contributed by atoms with Gasteiger partial charge in [-0.25, -0.2) is 4.79 Å². The highest BCUT2D eigenvalue weighted by atomic mass is 16.5. The van der Waals surface area contributed by atoms with Gasteiger partial charge in [0, 0.05) is 18.8 Å². The van der Waals surface area contributed by atoms with Crippen molar-refractivity contribution in [1.29, 1.82) is 0 Å². The monoisotopic (exact) mass is 420 g/mol. The SMILES string of the molecule is CC(C)CCN1C(=O)c2ccc(C(=O)OCC(=O)N3CCc4ccccc43)cc2C1=O. The smallest absolute Gasteiger partial charge is 0.338 e. The minimum Gasteiger partial charge on any atom is -0.452 e. The zero-order chi connectivity index (χ0) is 22.1. The summed E-state index contributed by atoms with van der Waals surface area (Å²) >= 11 is 0. The van der Waals surface area contributed by atoms with Crippen molar-refractivity contribution in [3.8, 4) is 0 Å². The minimum absolute atomic E-state index is 0.139. The van der Waals surface area contributed by atoms with E-state index in [0.717, 1.165) is 17.7 Å². The second kappa shape index (κ2) is 8.34. The number of hydrogen-bond donors (Lipinski definition) is 0. The molecule has 7 nitrogen and oxygen atoms in total. The lowest BCUT2D eigenvalue weighted by molar-refractivity contribution is -0.121. The first-order chi connectivity index (χ1) is 14.9. The van der Waals surface area contributed by atoms with Crippen LogP contribution in [0.1, 0.15) is 56.9 Å². The number of amides is 3. The molecule has 2 aromatic carbocycles. The summed E-state index contributed by atoms with van der Waals surface area (Å²) in [6.45, 7) is 4.55. The number of carbonyl (C=O) groups excluding carboxylic acids is 4. The van der Waals surface area contributed by atoms with Crippen molar-refractivity contribution in [2.45, 2.75) is 26.7 Å². The Morgan fingerprint density at radius 1 is 1.03 bits per heavy atom. The number of rotatable bonds is 6. The molecule has 2 heterocycles. The first kappa shape index (κ1) is 20.8.